The van der Waals surface area contributed by atoms with E-state index < -0.39 is 0 Å². The Labute approximate surface area is 93.0 Å². The maximum absolute atomic E-state index is 11.9. The lowest BCUT2D eigenvalue weighted by atomic mass is 9.87. The van der Waals surface area contributed by atoms with Gasteiger partial charge in [0.1, 0.15) is 0 Å². The second-order valence-corrected chi connectivity index (χ2v) is 4.80. The molecule has 15 heavy (non-hydrogen) atoms. The van der Waals surface area contributed by atoms with E-state index in [0.29, 0.717) is 12.0 Å². The standard InChI is InChI=1S/C12H24N2O/c1-4-6-11-9(2)7-5-8-14(11)12(15)10(3)13/h9-11H,4-8,13H2,1-3H3/t9?,10-,11?/m0/s1. The molecule has 1 heterocycles. The van der Waals surface area contributed by atoms with Crippen molar-refractivity contribution in [2.24, 2.45) is 11.7 Å². The van der Waals surface area contributed by atoms with Crippen LogP contribution < -0.4 is 5.73 Å². The molecular formula is C12H24N2O. The highest BCUT2D eigenvalue weighted by Gasteiger charge is 2.31. The molecule has 1 rings (SSSR count). The Balaban J connectivity index is 2.70. The monoisotopic (exact) mass is 212 g/mol. The van der Waals surface area contributed by atoms with Gasteiger partial charge in [0.15, 0.2) is 0 Å². The molecular weight excluding hydrogens is 188 g/mol. The summed E-state index contributed by atoms with van der Waals surface area (Å²) in [5, 5.41) is 0. The highest BCUT2D eigenvalue weighted by atomic mass is 16.2. The largest absolute Gasteiger partial charge is 0.338 e. The van der Waals surface area contributed by atoms with Crippen LogP contribution in [0.3, 0.4) is 0 Å². The first-order valence-corrected chi connectivity index (χ1v) is 6.14. The molecule has 88 valence electrons. The zero-order valence-corrected chi connectivity index (χ0v) is 10.2. The number of hydrogen-bond acceptors (Lipinski definition) is 2. The van der Waals surface area contributed by atoms with Gasteiger partial charge in [-0.1, -0.05) is 20.3 Å². The molecule has 1 fully saturated rings. The van der Waals surface area contributed by atoms with E-state index in [1.54, 1.807) is 6.92 Å². The normalized spacial score (nSPS) is 28.9. The topological polar surface area (TPSA) is 46.3 Å². The van der Waals surface area contributed by atoms with Crippen LogP contribution >= 0.6 is 0 Å². The Morgan fingerprint density at radius 3 is 2.80 bits per heavy atom. The van der Waals surface area contributed by atoms with Crippen LogP contribution in [0.2, 0.25) is 0 Å². The minimum Gasteiger partial charge on any atom is -0.338 e. The lowest BCUT2D eigenvalue weighted by Gasteiger charge is -2.41. The molecule has 1 amide bonds. The van der Waals surface area contributed by atoms with E-state index in [9.17, 15) is 4.79 Å². The fraction of sp³-hybridized carbons (Fsp3) is 0.917. The van der Waals surface area contributed by atoms with E-state index in [-0.39, 0.29) is 11.9 Å². The molecule has 1 aliphatic rings. The number of nitrogens with zero attached hydrogens (tertiary/aromatic N) is 1. The van der Waals surface area contributed by atoms with E-state index >= 15 is 0 Å². The predicted molar refractivity (Wildman–Crippen MR) is 62.5 cm³/mol. The number of hydrogen-bond donors (Lipinski definition) is 1. The highest BCUT2D eigenvalue weighted by molar-refractivity contribution is 5.81. The third kappa shape index (κ3) is 2.94. The summed E-state index contributed by atoms with van der Waals surface area (Å²) in [5.41, 5.74) is 5.68. The Morgan fingerprint density at radius 1 is 1.60 bits per heavy atom. The Morgan fingerprint density at radius 2 is 2.27 bits per heavy atom. The van der Waals surface area contributed by atoms with Gasteiger partial charge in [0.05, 0.1) is 6.04 Å². The van der Waals surface area contributed by atoms with Gasteiger partial charge in [-0.25, -0.2) is 0 Å². The van der Waals surface area contributed by atoms with Crippen LogP contribution in [-0.4, -0.2) is 29.4 Å². The van der Waals surface area contributed by atoms with E-state index in [1.807, 2.05) is 4.90 Å². The summed E-state index contributed by atoms with van der Waals surface area (Å²) in [5.74, 6) is 0.751. The molecule has 0 aromatic rings. The van der Waals surface area contributed by atoms with Crippen LogP contribution in [0.5, 0.6) is 0 Å². The molecule has 3 heteroatoms. The maximum atomic E-state index is 11.9. The van der Waals surface area contributed by atoms with Gasteiger partial charge in [-0.05, 0) is 32.1 Å². The average Bonchev–Trinajstić information content (AvgIpc) is 2.20. The van der Waals surface area contributed by atoms with Crippen molar-refractivity contribution in [2.45, 2.75) is 58.5 Å². The Hall–Kier alpha value is -0.570. The maximum Gasteiger partial charge on any atom is 0.239 e. The van der Waals surface area contributed by atoms with Gasteiger partial charge in [0.25, 0.3) is 0 Å². The van der Waals surface area contributed by atoms with Crippen molar-refractivity contribution in [1.82, 2.24) is 4.90 Å². The van der Waals surface area contributed by atoms with E-state index in [1.165, 1.54) is 6.42 Å². The molecule has 0 saturated carbocycles. The molecule has 0 spiro atoms. The first-order chi connectivity index (χ1) is 7.07. The SMILES string of the molecule is CCCC1C(C)CCCN1C(=O)[C@H](C)N. The van der Waals surface area contributed by atoms with Gasteiger partial charge >= 0.3 is 0 Å². The van der Waals surface area contributed by atoms with Crippen molar-refractivity contribution in [3.63, 3.8) is 0 Å². The van der Waals surface area contributed by atoms with Gasteiger partial charge in [-0.15, -0.1) is 0 Å². The zero-order chi connectivity index (χ0) is 11.4. The van der Waals surface area contributed by atoms with Gasteiger partial charge in [-0.2, -0.15) is 0 Å². The smallest absolute Gasteiger partial charge is 0.239 e. The van der Waals surface area contributed by atoms with Crippen LogP contribution in [0.4, 0.5) is 0 Å². The molecule has 0 aromatic heterocycles. The van der Waals surface area contributed by atoms with E-state index in [2.05, 4.69) is 13.8 Å². The first-order valence-electron chi connectivity index (χ1n) is 6.14. The predicted octanol–water partition coefficient (Wildman–Crippen LogP) is 1.76. The molecule has 0 radical (unpaired) electrons. The Bertz CT molecular complexity index is 216. The number of nitrogens with two attached hydrogens (primary N) is 1. The van der Waals surface area contributed by atoms with E-state index in [4.69, 9.17) is 5.73 Å². The minimum absolute atomic E-state index is 0.125. The summed E-state index contributed by atoms with van der Waals surface area (Å²) in [6.07, 6.45) is 4.62. The molecule has 3 nitrogen and oxygen atoms in total. The zero-order valence-electron chi connectivity index (χ0n) is 10.2. The summed E-state index contributed by atoms with van der Waals surface area (Å²) in [6.45, 7) is 7.11. The molecule has 1 saturated heterocycles. The molecule has 0 bridgehead atoms. The number of carbonyl (C=O) groups excluding carboxylic acids is 1. The minimum atomic E-state index is -0.352. The van der Waals surface area contributed by atoms with Gasteiger partial charge in [0.2, 0.25) is 5.91 Å². The van der Waals surface area contributed by atoms with Crippen molar-refractivity contribution < 1.29 is 4.79 Å². The number of piperidine rings is 1. The van der Waals surface area contributed by atoms with E-state index in [0.717, 1.165) is 25.8 Å². The quantitative estimate of drug-likeness (QED) is 0.775. The third-order valence-electron chi connectivity index (χ3n) is 3.37. The van der Waals surface area contributed by atoms with Gasteiger partial charge in [-0.3, -0.25) is 4.79 Å². The van der Waals surface area contributed by atoms with Crippen LogP contribution in [-0.2, 0) is 4.79 Å². The number of likely N-dealkylation sites (tertiary alicyclic amines) is 1. The van der Waals surface area contributed by atoms with Gasteiger partial charge in [0, 0.05) is 12.6 Å². The van der Waals surface area contributed by atoms with Crippen molar-refractivity contribution in [2.75, 3.05) is 6.54 Å². The number of rotatable bonds is 3. The lowest BCUT2D eigenvalue weighted by molar-refractivity contribution is -0.137. The van der Waals surface area contributed by atoms with Crippen LogP contribution in [0.1, 0.15) is 46.5 Å². The van der Waals surface area contributed by atoms with Gasteiger partial charge < -0.3 is 10.6 Å². The second kappa shape index (κ2) is 5.50. The summed E-state index contributed by atoms with van der Waals surface area (Å²) in [4.78, 5) is 13.9. The van der Waals surface area contributed by atoms with Crippen molar-refractivity contribution in [3.05, 3.63) is 0 Å². The summed E-state index contributed by atoms with van der Waals surface area (Å²) < 4.78 is 0. The average molecular weight is 212 g/mol. The Kier molecular flexibility index (Phi) is 4.58. The summed E-state index contributed by atoms with van der Waals surface area (Å²) in [7, 11) is 0. The van der Waals surface area contributed by atoms with Crippen molar-refractivity contribution in [3.8, 4) is 0 Å². The fourth-order valence-electron chi connectivity index (χ4n) is 2.52. The van der Waals surface area contributed by atoms with Crippen molar-refractivity contribution >= 4 is 5.91 Å². The molecule has 3 atom stereocenters. The number of carbonyl (C=O) groups is 1. The molecule has 1 aliphatic heterocycles. The second-order valence-electron chi connectivity index (χ2n) is 4.80. The van der Waals surface area contributed by atoms with Crippen LogP contribution in [0.15, 0.2) is 0 Å². The number of amides is 1. The highest BCUT2D eigenvalue weighted by Crippen LogP contribution is 2.26. The summed E-state index contributed by atoms with van der Waals surface area (Å²) in [6, 6.07) is 0.0666. The third-order valence-corrected chi connectivity index (χ3v) is 3.37. The molecule has 0 aromatic carbocycles. The van der Waals surface area contributed by atoms with Crippen LogP contribution in [0, 0.1) is 5.92 Å². The summed E-state index contributed by atoms with van der Waals surface area (Å²) >= 11 is 0. The lowest BCUT2D eigenvalue weighted by Crippen LogP contribution is -2.52. The van der Waals surface area contributed by atoms with Crippen molar-refractivity contribution in [1.29, 1.82) is 0 Å². The molecule has 2 N–H and O–H groups in total. The molecule has 0 aliphatic carbocycles. The molecule has 2 unspecified atom stereocenters. The fourth-order valence-corrected chi connectivity index (χ4v) is 2.52. The first kappa shape index (κ1) is 12.5. The van der Waals surface area contributed by atoms with Crippen LogP contribution in [0.25, 0.3) is 0 Å².